The zero-order chi connectivity index (χ0) is 21.6. The van der Waals surface area contributed by atoms with Crippen LogP contribution >= 0.6 is 0 Å². The van der Waals surface area contributed by atoms with Gasteiger partial charge in [0.2, 0.25) is 5.79 Å². The molecule has 168 valence electrons. The molecule has 1 aromatic carbocycles. The average Bonchev–Trinajstić information content (AvgIpc) is 3.30. The van der Waals surface area contributed by atoms with Gasteiger partial charge in [-0.3, -0.25) is 9.69 Å². The molecule has 2 saturated heterocycles. The SMILES string of the molecule is Cc1ccc(C(N)=O)c2c1[C@]13CCN(CC4CC4)[C@H](C)C1(O)CCC1(OCCO1)C3O2. The van der Waals surface area contributed by atoms with Crippen molar-refractivity contribution in [3.63, 3.8) is 0 Å². The summed E-state index contributed by atoms with van der Waals surface area (Å²) in [6.07, 6.45) is 3.92. The van der Waals surface area contributed by atoms with Crippen LogP contribution in [0.25, 0.3) is 0 Å². The Balaban J connectivity index is 1.55. The summed E-state index contributed by atoms with van der Waals surface area (Å²) in [6.45, 7) is 7.11. The topological polar surface area (TPSA) is 94.3 Å². The Morgan fingerprint density at radius 2 is 1.97 bits per heavy atom. The molecule has 2 aliphatic carbocycles. The number of amides is 1. The molecule has 0 aromatic heterocycles. The van der Waals surface area contributed by atoms with Gasteiger partial charge in [0.05, 0.1) is 29.8 Å². The molecular formula is C24H32N2O5. The van der Waals surface area contributed by atoms with E-state index in [0.717, 1.165) is 36.6 Å². The normalized spacial score (nSPS) is 38.4. The lowest BCUT2D eigenvalue weighted by atomic mass is 9.51. The number of nitrogens with zero attached hydrogens (tertiary/aromatic N) is 1. The van der Waals surface area contributed by atoms with Crippen molar-refractivity contribution in [2.75, 3.05) is 26.3 Å². The number of carbonyl (C=O) groups is 1. The molecule has 2 saturated carbocycles. The maximum absolute atomic E-state index is 12.5. The number of primary amides is 1. The van der Waals surface area contributed by atoms with Gasteiger partial charge < -0.3 is 25.1 Å². The number of nitrogens with two attached hydrogens (primary N) is 1. The van der Waals surface area contributed by atoms with E-state index < -0.39 is 28.8 Å². The molecule has 6 rings (SSSR count). The maximum Gasteiger partial charge on any atom is 0.252 e. The van der Waals surface area contributed by atoms with Gasteiger partial charge in [0.25, 0.3) is 5.91 Å². The summed E-state index contributed by atoms with van der Waals surface area (Å²) in [6, 6.07) is 3.63. The highest BCUT2D eigenvalue weighted by Crippen LogP contribution is 2.65. The van der Waals surface area contributed by atoms with Crippen LogP contribution < -0.4 is 10.5 Å². The molecular weight excluding hydrogens is 396 g/mol. The summed E-state index contributed by atoms with van der Waals surface area (Å²) in [5, 5.41) is 12.5. The van der Waals surface area contributed by atoms with E-state index in [0.29, 0.717) is 37.4 Å². The molecule has 0 radical (unpaired) electrons. The Morgan fingerprint density at radius 3 is 2.65 bits per heavy atom. The zero-order valence-corrected chi connectivity index (χ0v) is 18.4. The molecule has 1 aromatic rings. The van der Waals surface area contributed by atoms with Crippen LogP contribution in [0.3, 0.4) is 0 Å². The van der Waals surface area contributed by atoms with Gasteiger partial charge in [0.15, 0.2) is 6.10 Å². The fourth-order valence-corrected chi connectivity index (χ4v) is 7.05. The van der Waals surface area contributed by atoms with Crippen LogP contribution in [-0.4, -0.2) is 65.8 Å². The van der Waals surface area contributed by atoms with Gasteiger partial charge in [0, 0.05) is 24.6 Å². The Labute approximate surface area is 182 Å². The molecule has 7 heteroatoms. The number of hydrogen-bond donors (Lipinski definition) is 2. The molecule has 2 spiro atoms. The summed E-state index contributed by atoms with van der Waals surface area (Å²) >= 11 is 0. The van der Waals surface area contributed by atoms with Gasteiger partial charge >= 0.3 is 0 Å². The zero-order valence-electron chi connectivity index (χ0n) is 18.4. The number of likely N-dealkylation sites (tertiary alicyclic amines) is 1. The van der Waals surface area contributed by atoms with Gasteiger partial charge in [-0.2, -0.15) is 0 Å². The Bertz CT molecular complexity index is 940. The fraction of sp³-hybridized carbons (Fsp3) is 0.708. The lowest BCUT2D eigenvalue weighted by molar-refractivity contribution is -0.293. The number of piperidine rings is 1. The first kappa shape index (κ1) is 20.0. The van der Waals surface area contributed by atoms with Crippen molar-refractivity contribution in [2.45, 2.75) is 74.9 Å². The summed E-state index contributed by atoms with van der Waals surface area (Å²) in [5.41, 5.74) is 6.31. The Kier molecular flexibility index (Phi) is 4.15. The smallest absolute Gasteiger partial charge is 0.252 e. The monoisotopic (exact) mass is 428 g/mol. The predicted molar refractivity (Wildman–Crippen MR) is 113 cm³/mol. The van der Waals surface area contributed by atoms with Crippen molar-refractivity contribution in [1.82, 2.24) is 4.90 Å². The summed E-state index contributed by atoms with van der Waals surface area (Å²) in [5.74, 6) is -0.150. The minimum absolute atomic E-state index is 0.0331. The number of hydrogen-bond acceptors (Lipinski definition) is 6. The number of benzene rings is 1. The van der Waals surface area contributed by atoms with E-state index in [1.807, 2.05) is 13.0 Å². The van der Waals surface area contributed by atoms with E-state index in [1.54, 1.807) is 6.07 Å². The van der Waals surface area contributed by atoms with E-state index in [4.69, 9.17) is 19.9 Å². The second-order valence-electron chi connectivity index (χ2n) is 10.3. The average molecular weight is 429 g/mol. The van der Waals surface area contributed by atoms with Crippen LogP contribution in [0.5, 0.6) is 5.75 Å². The molecule has 7 nitrogen and oxygen atoms in total. The van der Waals surface area contributed by atoms with E-state index in [1.165, 1.54) is 12.8 Å². The third-order valence-electron chi connectivity index (χ3n) is 8.79. The first-order valence-electron chi connectivity index (χ1n) is 11.7. The quantitative estimate of drug-likeness (QED) is 0.763. The van der Waals surface area contributed by atoms with E-state index in [-0.39, 0.29) is 6.04 Å². The maximum atomic E-state index is 12.5. The highest BCUT2D eigenvalue weighted by molar-refractivity contribution is 5.97. The standard InChI is InChI=1S/C24H32N2O5/c1-14-3-6-17(20(25)27)19-18(14)22-9-10-26(13-16-4-5-16)15(2)23(22,28)7-8-24(21(22)31-19)29-11-12-30-24/h3,6,15-16,21,28H,4-5,7-13H2,1-2H3,(H2,25,27)/t15-,21?,22+,23?/m1/s1. The molecule has 3 N–H and O–H groups in total. The molecule has 3 heterocycles. The van der Waals surface area contributed by atoms with Crippen molar-refractivity contribution < 1.29 is 24.1 Å². The van der Waals surface area contributed by atoms with Crippen LogP contribution in [0.4, 0.5) is 0 Å². The lowest BCUT2D eigenvalue weighted by Gasteiger charge is -2.62. The third-order valence-corrected chi connectivity index (χ3v) is 8.79. The Morgan fingerprint density at radius 1 is 1.23 bits per heavy atom. The van der Waals surface area contributed by atoms with E-state index >= 15 is 0 Å². The number of fused-ring (bicyclic) bond motifs is 2. The lowest BCUT2D eigenvalue weighted by Crippen LogP contribution is -2.77. The highest BCUT2D eigenvalue weighted by Gasteiger charge is 2.75. The largest absolute Gasteiger partial charge is 0.483 e. The summed E-state index contributed by atoms with van der Waals surface area (Å²) < 4.78 is 19.0. The van der Waals surface area contributed by atoms with Crippen molar-refractivity contribution >= 4 is 5.91 Å². The van der Waals surface area contributed by atoms with Crippen LogP contribution in [-0.2, 0) is 14.9 Å². The number of aliphatic hydroxyl groups is 1. The summed E-state index contributed by atoms with van der Waals surface area (Å²) in [4.78, 5) is 14.7. The van der Waals surface area contributed by atoms with E-state index in [2.05, 4.69) is 11.8 Å². The van der Waals surface area contributed by atoms with E-state index in [9.17, 15) is 9.90 Å². The first-order valence-corrected chi connectivity index (χ1v) is 11.7. The van der Waals surface area contributed by atoms with Crippen molar-refractivity contribution in [3.8, 4) is 5.75 Å². The predicted octanol–water partition coefficient (Wildman–Crippen LogP) is 1.86. The van der Waals surface area contributed by atoms with Crippen LogP contribution in [0.2, 0.25) is 0 Å². The molecule has 3 aliphatic heterocycles. The van der Waals surface area contributed by atoms with Gasteiger partial charge in [-0.25, -0.2) is 0 Å². The van der Waals surface area contributed by atoms with Gasteiger partial charge in [-0.1, -0.05) is 6.07 Å². The minimum Gasteiger partial charge on any atom is -0.483 e. The van der Waals surface area contributed by atoms with Crippen LogP contribution in [0.1, 0.15) is 60.5 Å². The first-order chi connectivity index (χ1) is 14.8. The number of rotatable bonds is 3. The van der Waals surface area contributed by atoms with Gasteiger partial charge in [0.1, 0.15) is 5.75 Å². The van der Waals surface area contributed by atoms with Crippen molar-refractivity contribution in [1.29, 1.82) is 0 Å². The van der Waals surface area contributed by atoms with Crippen LogP contribution in [0, 0.1) is 12.8 Å². The molecule has 2 unspecified atom stereocenters. The Hall–Kier alpha value is -1.67. The molecule has 5 aliphatic rings. The second kappa shape index (κ2) is 6.44. The second-order valence-corrected chi connectivity index (χ2v) is 10.3. The van der Waals surface area contributed by atoms with Gasteiger partial charge in [-0.15, -0.1) is 0 Å². The van der Waals surface area contributed by atoms with Crippen LogP contribution in [0.15, 0.2) is 12.1 Å². The minimum atomic E-state index is -1.02. The molecule has 4 fully saturated rings. The molecule has 31 heavy (non-hydrogen) atoms. The molecule has 1 amide bonds. The molecule has 4 atom stereocenters. The summed E-state index contributed by atoms with van der Waals surface area (Å²) in [7, 11) is 0. The number of aryl methyl sites for hydroxylation is 1. The van der Waals surface area contributed by atoms with Crippen molar-refractivity contribution in [3.05, 3.63) is 28.8 Å². The highest BCUT2D eigenvalue weighted by atomic mass is 16.8. The van der Waals surface area contributed by atoms with Gasteiger partial charge in [-0.05, 0) is 63.6 Å². The van der Waals surface area contributed by atoms with Crippen molar-refractivity contribution in [2.24, 2.45) is 11.7 Å². The molecule has 0 bridgehead atoms. The third kappa shape index (κ3) is 2.46. The fourth-order valence-electron chi connectivity index (χ4n) is 7.05. The number of ether oxygens (including phenoxy) is 3. The number of carbonyl (C=O) groups excluding carboxylic acids is 1.